The van der Waals surface area contributed by atoms with Gasteiger partial charge in [0.25, 0.3) is 11.8 Å². The first-order chi connectivity index (χ1) is 21.4. The van der Waals surface area contributed by atoms with Crippen molar-refractivity contribution >= 4 is 41.2 Å². The van der Waals surface area contributed by atoms with E-state index in [0.717, 1.165) is 6.08 Å². The molecule has 12 heteroatoms. The number of nitrogens with one attached hydrogen (secondary N) is 2. The smallest absolute Gasteiger partial charge is 0.277 e. The Kier molecular flexibility index (Phi) is 11.1. The molecule has 0 fully saturated rings. The highest BCUT2D eigenvalue weighted by Crippen LogP contribution is 2.25. The maximum atomic E-state index is 13.5. The molecular formula is C32H25FN6O4S. The molecule has 0 spiro atoms. The minimum Gasteiger partial charge on any atom is -0.456 e. The quantitative estimate of drug-likeness (QED) is 0.0957. The number of nitrogens with zero attached hydrogens (tertiary/aromatic N) is 4. The summed E-state index contributed by atoms with van der Waals surface area (Å²) in [4.78, 5) is 39.2. The molecule has 0 unspecified atom stereocenters. The van der Waals surface area contributed by atoms with Gasteiger partial charge in [-0.2, -0.15) is 0 Å². The number of allylic oxidation sites excluding steroid dienone is 2. The Hall–Kier alpha value is -6.01. The number of halogens is 1. The van der Waals surface area contributed by atoms with Crippen LogP contribution in [-0.4, -0.2) is 33.5 Å². The second kappa shape index (κ2) is 15.8. The SMILES string of the molecule is C=C/C(F)=C(\N=C)C(=O)Nc1cccc(Oc2cccnc2)c1.O=C(Nc1cccc(Oc2cccnc2)c1)c1cscn1. The molecule has 0 aliphatic rings. The number of carbonyl (C=O) groups excluding carboxylic acids is 2. The van der Waals surface area contributed by atoms with Gasteiger partial charge in [0.05, 0.1) is 17.9 Å². The van der Waals surface area contributed by atoms with Crippen LogP contribution in [0, 0.1) is 0 Å². The molecule has 3 aromatic heterocycles. The molecule has 3 heterocycles. The van der Waals surface area contributed by atoms with Crippen LogP contribution in [0.2, 0.25) is 0 Å². The lowest BCUT2D eigenvalue weighted by Crippen LogP contribution is -2.14. The predicted molar refractivity (Wildman–Crippen MR) is 168 cm³/mol. The average molecular weight is 609 g/mol. The fraction of sp³-hybridized carbons (Fsp3) is 0. The lowest BCUT2D eigenvalue weighted by molar-refractivity contribution is -0.113. The first-order valence-electron chi connectivity index (χ1n) is 12.8. The molecule has 0 aliphatic heterocycles. The summed E-state index contributed by atoms with van der Waals surface area (Å²) in [5.41, 5.74) is 2.66. The molecule has 44 heavy (non-hydrogen) atoms. The summed E-state index contributed by atoms with van der Waals surface area (Å²) in [7, 11) is 0. The lowest BCUT2D eigenvalue weighted by atomic mass is 10.2. The summed E-state index contributed by atoms with van der Waals surface area (Å²) in [6, 6.07) is 20.9. The molecule has 0 saturated carbocycles. The summed E-state index contributed by atoms with van der Waals surface area (Å²) in [5.74, 6) is 0.504. The van der Waals surface area contributed by atoms with Gasteiger partial charge in [-0.15, -0.1) is 11.3 Å². The minimum atomic E-state index is -0.847. The molecule has 5 rings (SSSR count). The number of benzene rings is 2. The zero-order valence-corrected chi connectivity index (χ0v) is 23.9. The third-order valence-corrected chi connectivity index (χ3v) is 5.95. The monoisotopic (exact) mass is 608 g/mol. The molecule has 2 amide bonds. The van der Waals surface area contributed by atoms with E-state index in [4.69, 9.17) is 9.47 Å². The van der Waals surface area contributed by atoms with Gasteiger partial charge < -0.3 is 20.1 Å². The van der Waals surface area contributed by atoms with E-state index in [0.29, 0.717) is 40.1 Å². The number of aromatic nitrogens is 3. The summed E-state index contributed by atoms with van der Waals surface area (Å²) in [5, 5.41) is 7.00. The number of pyridine rings is 2. The van der Waals surface area contributed by atoms with Gasteiger partial charge in [0, 0.05) is 41.3 Å². The molecule has 220 valence electrons. The largest absolute Gasteiger partial charge is 0.456 e. The fourth-order valence-electron chi connectivity index (χ4n) is 3.42. The molecule has 2 N–H and O–H groups in total. The molecule has 0 bridgehead atoms. The zero-order chi connectivity index (χ0) is 31.1. The predicted octanol–water partition coefficient (Wildman–Crippen LogP) is 7.46. The van der Waals surface area contributed by atoms with Gasteiger partial charge in [0.2, 0.25) is 0 Å². The van der Waals surface area contributed by atoms with Gasteiger partial charge in [0.15, 0.2) is 11.5 Å². The van der Waals surface area contributed by atoms with E-state index in [-0.39, 0.29) is 5.91 Å². The van der Waals surface area contributed by atoms with Crippen LogP contribution in [-0.2, 0) is 4.79 Å². The third-order valence-electron chi connectivity index (χ3n) is 5.37. The number of hydrogen-bond donors (Lipinski definition) is 2. The second-order valence-corrected chi connectivity index (χ2v) is 9.20. The number of ether oxygens (including phenoxy) is 2. The third kappa shape index (κ3) is 9.26. The van der Waals surface area contributed by atoms with Crippen LogP contribution in [0.4, 0.5) is 15.8 Å². The summed E-state index contributed by atoms with van der Waals surface area (Å²) >= 11 is 1.38. The molecular weight excluding hydrogens is 583 g/mol. The Balaban J connectivity index is 0.000000201. The van der Waals surface area contributed by atoms with Crippen molar-refractivity contribution in [1.82, 2.24) is 15.0 Å². The standard InChI is InChI=1S/C17H14FN3O2.C15H11N3O2S/c1-3-15(18)16(19-2)17(22)21-12-6-4-7-13(10-12)23-14-8-5-9-20-11-14;19-15(14-9-21-10-17-14)18-11-3-1-4-12(7-11)20-13-5-2-6-16-8-13/h3-11H,1-2H2,(H,21,22);1-10H,(H,18,19)/b16-15+;. The Morgan fingerprint density at radius 3 is 1.89 bits per heavy atom. The second-order valence-electron chi connectivity index (χ2n) is 8.48. The number of anilines is 2. The Bertz CT molecular complexity index is 1750. The number of amides is 2. The number of rotatable bonds is 10. The zero-order valence-electron chi connectivity index (χ0n) is 23.1. The summed E-state index contributed by atoms with van der Waals surface area (Å²) in [6.45, 7) is 6.43. The van der Waals surface area contributed by atoms with Crippen molar-refractivity contribution in [1.29, 1.82) is 0 Å². The fourth-order valence-corrected chi connectivity index (χ4v) is 3.96. The van der Waals surface area contributed by atoms with Crippen molar-refractivity contribution in [2.24, 2.45) is 4.99 Å². The van der Waals surface area contributed by atoms with Crippen molar-refractivity contribution in [3.63, 3.8) is 0 Å². The maximum Gasteiger partial charge on any atom is 0.277 e. The lowest BCUT2D eigenvalue weighted by Gasteiger charge is -2.09. The van der Waals surface area contributed by atoms with Gasteiger partial charge in [-0.05, 0) is 61.3 Å². The molecule has 0 atom stereocenters. The van der Waals surface area contributed by atoms with Crippen LogP contribution >= 0.6 is 11.3 Å². The first-order valence-corrected chi connectivity index (χ1v) is 13.7. The number of thiazole rings is 1. The summed E-state index contributed by atoms with van der Waals surface area (Å²) < 4.78 is 24.7. The van der Waals surface area contributed by atoms with Gasteiger partial charge in [0.1, 0.15) is 28.7 Å². The van der Waals surface area contributed by atoms with E-state index in [9.17, 15) is 14.0 Å². The van der Waals surface area contributed by atoms with Crippen molar-refractivity contribution < 1.29 is 23.5 Å². The molecule has 0 radical (unpaired) electrons. The van der Waals surface area contributed by atoms with Crippen molar-refractivity contribution in [2.75, 3.05) is 10.6 Å². The number of carbonyl (C=O) groups is 2. The Labute approximate surface area is 256 Å². The van der Waals surface area contributed by atoms with Gasteiger partial charge >= 0.3 is 0 Å². The van der Waals surface area contributed by atoms with Crippen LogP contribution in [0.5, 0.6) is 23.0 Å². The van der Waals surface area contributed by atoms with E-state index in [2.05, 4.69) is 43.9 Å². The summed E-state index contributed by atoms with van der Waals surface area (Å²) in [6.07, 6.45) is 7.39. The Morgan fingerprint density at radius 1 is 0.841 bits per heavy atom. The highest BCUT2D eigenvalue weighted by Gasteiger charge is 2.13. The maximum absolute atomic E-state index is 13.5. The number of hydrogen-bond acceptors (Lipinski definition) is 9. The highest BCUT2D eigenvalue weighted by atomic mass is 32.1. The molecule has 0 aliphatic carbocycles. The van der Waals surface area contributed by atoms with Gasteiger partial charge in [-0.1, -0.05) is 18.7 Å². The highest BCUT2D eigenvalue weighted by molar-refractivity contribution is 7.07. The topological polar surface area (TPSA) is 128 Å². The van der Waals surface area contributed by atoms with E-state index < -0.39 is 17.4 Å². The van der Waals surface area contributed by atoms with E-state index >= 15 is 0 Å². The molecule has 5 aromatic rings. The minimum absolute atomic E-state index is 0.241. The molecule has 2 aromatic carbocycles. The van der Waals surface area contributed by atoms with Gasteiger partial charge in [-0.3, -0.25) is 24.5 Å². The van der Waals surface area contributed by atoms with Crippen molar-refractivity contribution in [2.45, 2.75) is 0 Å². The Morgan fingerprint density at radius 2 is 1.41 bits per heavy atom. The molecule has 10 nitrogen and oxygen atoms in total. The first kappa shape index (κ1) is 30.9. The van der Waals surface area contributed by atoms with E-state index in [1.54, 1.807) is 90.3 Å². The number of aliphatic imine (C=N–C) groups is 1. The van der Waals surface area contributed by atoms with Crippen LogP contribution in [0.15, 0.2) is 138 Å². The van der Waals surface area contributed by atoms with Crippen LogP contribution in [0.25, 0.3) is 0 Å². The van der Waals surface area contributed by atoms with Crippen LogP contribution < -0.4 is 20.1 Å². The van der Waals surface area contributed by atoms with E-state index in [1.165, 1.54) is 11.3 Å². The molecule has 0 saturated heterocycles. The normalized spacial score (nSPS) is 10.7. The van der Waals surface area contributed by atoms with Crippen molar-refractivity contribution in [3.8, 4) is 23.0 Å². The van der Waals surface area contributed by atoms with Gasteiger partial charge in [-0.25, -0.2) is 9.37 Å². The average Bonchev–Trinajstić information content (AvgIpc) is 3.59. The van der Waals surface area contributed by atoms with Crippen LogP contribution in [0.3, 0.4) is 0 Å². The van der Waals surface area contributed by atoms with E-state index in [1.807, 2.05) is 18.2 Å². The van der Waals surface area contributed by atoms with Crippen molar-refractivity contribution in [3.05, 3.63) is 138 Å². The van der Waals surface area contributed by atoms with Crippen LogP contribution in [0.1, 0.15) is 10.5 Å².